The summed E-state index contributed by atoms with van der Waals surface area (Å²) >= 11 is 2.09. The number of hydrogen-bond donors (Lipinski definition) is 1. The van der Waals surface area contributed by atoms with Crippen molar-refractivity contribution < 1.29 is 0 Å². The second-order valence-electron chi connectivity index (χ2n) is 4.10. The minimum atomic E-state index is 0.757. The summed E-state index contributed by atoms with van der Waals surface area (Å²) in [5.41, 5.74) is 1.47. The summed E-state index contributed by atoms with van der Waals surface area (Å²) in [6, 6.07) is 11.6. The Kier molecular flexibility index (Phi) is 4.55. The monoisotopic (exact) mass is 221 g/mol. The predicted octanol–water partition coefficient (Wildman–Crippen LogP) is 2.71. The molecule has 1 aliphatic rings. The summed E-state index contributed by atoms with van der Waals surface area (Å²) < 4.78 is 0. The lowest BCUT2D eigenvalue weighted by molar-refractivity contribution is 0.511. The summed E-state index contributed by atoms with van der Waals surface area (Å²) in [5, 5.41) is 3.58. The highest BCUT2D eigenvalue weighted by Gasteiger charge is 2.11. The molecule has 2 heteroatoms. The Balaban J connectivity index is 1.66. The van der Waals surface area contributed by atoms with Crippen molar-refractivity contribution >= 4 is 11.8 Å². The second kappa shape index (κ2) is 6.19. The Hall–Kier alpha value is -0.470. The summed E-state index contributed by atoms with van der Waals surface area (Å²) in [7, 11) is 0. The molecule has 1 aliphatic heterocycles. The smallest absolute Gasteiger partial charge is 0.0158 e. The van der Waals surface area contributed by atoms with Crippen LogP contribution in [-0.2, 0) is 6.42 Å². The molecule has 1 atom stereocenters. The van der Waals surface area contributed by atoms with Crippen LogP contribution in [-0.4, -0.2) is 24.1 Å². The summed E-state index contributed by atoms with van der Waals surface area (Å²) in [6.07, 6.45) is 3.85. The molecule has 0 aliphatic carbocycles. The number of thioether (sulfide) groups is 1. The van der Waals surface area contributed by atoms with Gasteiger partial charge in [0.25, 0.3) is 0 Å². The fourth-order valence-electron chi connectivity index (χ4n) is 2.00. The van der Waals surface area contributed by atoms with E-state index in [0.717, 1.165) is 6.04 Å². The van der Waals surface area contributed by atoms with E-state index < -0.39 is 0 Å². The lowest BCUT2D eigenvalue weighted by Crippen LogP contribution is -2.37. The van der Waals surface area contributed by atoms with Gasteiger partial charge in [0.15, 0.2) is 0 Å². The van der Waals surface area contributed by atoms with Crippen molar-refractivity contribution in [2.45, 2.75) is 25.3 Å². The number of nitrogens with one attached hydrogen (secondary N) is 1. The van der Waals surface area contributed by atoms with Crippen molar-refractivity contribution in [3.05, 3.63) is 35.9 Å². The van der Waals surface area contributed by atoms with Crippen molar-refractivity contribution in [3.8, 4) is 0 Å². The maximum Gasteiger partial charge on any atom is 0.0158 e. The zero-order chi connectivity index (χ0) is 10.3. The molecule has 0 spiro atoms. The van der Waals surface area contributed by atoms with Gasteiger partial charge in [-0.15, -0.1) is 0 Å². The van der Waals surface area contributed by atoms with Gasteiger partial charge < -0.3 is 5.32 Å². The Morgan fingerprint density at radius 1 is 1.27 bits per heavy atom. The molecule has 0 bridgehead atoms. The Labute approximate surface area is 96.7 Å². The normalized spacial score (nSPS) is 21.5. The molecule has 1 fully saturated rings. The second-order valence-corrected chi connectivity index (χ2v) is 5.25. The first-order valence-corrected chi connectivity index (χ1v) is 6.96. The molecule has 0 amide bonds. The molecule has 1 nitrogen and oxygen atoms in total. The molecule has 1 aromatic rings. The van der Waals surface area contributed by atoms with Crippen LogP contribution < -0.4 is 5.32 Å². The van der Waals surface area contributed by atoms with E-state index in [1.54, 1.807) is 0 Å². The highest BCUT2D eigenvalue weighted by atomic mass is 32.2. The van der Waals surface area contributed by atoms with Crippen LogP contribution in [0.1, 0.15) is 18.4 Å². The van der Waals surface area contributed by atoms with Crippen LogP contribution in [0.2, 0.25) is 0 Å². The minimum Gasteiger partial charge on any atom is -0.312 e. The average molecular weight is 221 g/mol. The highest BCUT2D eigenvalue weighted by Crippen LogP contribution is 2.13. The van der Waals surface area contributed by atoms with E-state index in [0.29, 0.717) is 0 Å². The molecule has 0 radical (unpaired) electrons. The van der Waals surface area contributed by atoms with Gasteiger partial charge in [-0.1, -0.05) is 30.3 Å². The highest BCUT2D eigenvalue weighted by molar-refractivity contribution is 7.99. The number of benzene rings is 1. The van der Waals surface area contributed by atoms with Gasteiger partial charge in [0, 0.05) is 24.1 Å². The van der Waals surface area contributed by atoms with Crippen molar-refractivity contribution in [3.63, 3.8) is 0 Å². The van der Waals surface area contributed by atoms with Crippen LogP contribution in [0.4, 0.5) is 0 Å². The molecule has 1 saturated heterocycles. The molecular weight excluding hydrogens is 202 g/mol. The SMILES string of the molecule is c1ccc(CCCC2CSCCN2)cc1. The zero-order valence-corrected chi connectivity index (χ0v) is 9.93. The van der Waals surface area contributed by atoms with Gasteiger partial charge in [0.1, 0.15) is 0 Å². The van der Waals surface area contributed by atoms with Gasteiger partial charge >= 0.3 is 0 Å². The van der Waals surface area contributed by atoms with Gasteiger partial charge in [0.05, 0.1) is 0 Å². The first-order valence-electron chi connectivity index (χ1n) is 5.80. The minimum absolute atomic E-state index is 0.757. The maximum absolute atomic E-state index is 3.58. The largest absolute Gasteiger partial charge is 0.312 e. The molecule has 82 valence electrons. The van der Waals surface area contributed by atoms with Crippen molar-refractivity contribution in [1.29, 1.82) is 0 Å². The average Bonchev–Trinajstić information content (AvgIpc) is 2.32. The lowest BCUT2D eigenvalue weighted by atomic mass is 10.1. The summed E-state index contributed by atoms with van der Waals surface area (Å²) in [6.45, 7) is 1.20. The molecular formula is C13H19NS. The third-order valence-corrected chi connectivity index (χ3v) is 3.99. The van der Waals surface area contributed by atoms with Crippen molar-refractivity contribution in [1.82, 2.24) is 5.32 Å². The third-order valence-electron chi connectivity index (χ3n) is 2.86. The third kappa shape index (κ3) is 3.88. The van der Waals surface area contributed by atoms with E-state index in [4.69, 9.17) is 0 Å². The van der Waals surface area contributed by atoms with Crippen LogP contribution in [0.3, 0.4) is 0 Å². The van der Waals surface area contributed by atoms with Crippen molar-refractivity contribution in [2.75, 3.05) is 18.1 Å². The fraction of sp³-hybridized carbons (Fsp3) is 0.538. The van der Waals surface area contributed by atoms with Gasteiger partial charge in [-0.05, 0) is 24.8 Å². The van der Waals surface area contributed by atoms with E-state index in [1.807, 2.05) is 0 Å². The van der Waals surface area contributed by atoms with Crippen LogP contribution in [0.25, 0.3) is 0 Å². The standard InChI is InChI=1S/C13H19NS/c1-2-5-12(6-3-1)7-4-8-13-11-15-10-9-14-13/h1-3,5-6,13-14H,4,7-11H2. The number of rotatable bonds is 4. The molecule has 1 N–H and O–H groups in total. The Morgan fingerprint density at radius 2 is 2.13 bits per heavy atom. The van der Waals surface area contributed by atoms with Crippen LogP contribution in [0, 0.1) is 0 Å². The van der Waals surface area contributed by atoms with Gasteiger partial charge in [-0.3, -0.25) is 0 Å². The molecule has 0 saturated carbocycles. The number of hydrogen-bond acceptors (Lipinski definition) is 2. The van der Waals surface area contributed by atoms with Crippen LogP contribution in [0.5, 0.6) is 0 Å². The molecule has 2 rings (SSSR count). The topological polar surface area (TPSA) is 12.0 Å². The summed E-state index contributed by atoms with van der Waals surface area (Å²) in [4.78, 5) is 0. The number of aryl methyl sites for hydroxylation is 1. The van der Waals surface area contributed by atoms with Crippen LogP contribution in [0.15, 0.2) is 30.3 Å². The summed E-state index contributed by atoms with van der Waals surface area (Å²) in [5.74, 6) is 2.59. The van der Waals surface area contributed by atoms with E-state index >= 15 is 0 Å². The quantitative estimate of drug-likeness (QED) is 0.839. The lowest BCUT2D eigenvalue weighted by Gasteiger charge is -2.22. The van der Waals surface area contributed by atoms with Gasteiger partial charge in [-0.2, -0.15) is 11.8 Å². The molecule has 1 unspecified atom stereocenters. The van der Waals surface area contributed by atoms with Crippen molar-refractivity contribution in [2.24, 2.45) is 0 Å². The molecule has 1 heterocycles. The van der Waals surface area contributed by atoms with E-state index in [2.05, 4.69) is 47.4 Å². The first-order chi connectivity index (χ1) is 7.45. The fourth-order valence-corrected chi connectivity index (χ4v) is 3.00. The van der Waals surface area contributed by atoms with Gasteiger partial charge in [0.2, 0.25) is 0 Å². The Bertz CT molecular complexity index is 267. The van der Waals surface area contributed by atoms with E-state index in [1.165, 1.54) is 42.9 Å². The van der Waals surface area contributed by atoms with Crippen LogP contribution >= 0.6 is 11.8 Å². The predicted molar refractivity (Wildman–Crippen MR) is 68.5 cm³/mol. The molecule has 1 aromatic carbocycles. The Morgan fingerprint density at radius 3 is 2.87 bits per heavy atom. The first kappa shape index (κ1) is 11.0. The van der Waals surface area contributed by atoms with E-state index in [9.17, 15) is 0 Å². The molecule has 0 aromatic heterocycles. The van der Waals surface area contributed by atoms with Gasteiger partial charge in [-0.25, -0.2) is 0 Å². The maximum atomic E-state index is 3.58. The molecule has 15 heavy (non-hydrogen) atoms. The van der Waals surface area contributed by atoms with E-state index in [-0.39, 0.29) is 0 Å². The zero-order valence-electron chi connectivity index (χ0n) is 9.11.